The predicted molar refractivity (Wildman–Crippen MR) is 102 cm³/mol. The van der Waals surface area contributed by atoms with E-state index in [1.165, 1.54) is 20.1 Å². The molecule has 1 atom stereocenters. The number of carbonyl (C=O) groups is 3. The lowest BCUT2D eigenvalue weighted by atomic mass is 10.0. The number of hydrogen-bond acceptors (Lipinski definition) is 4. The van der Waals surface area contributed by atoms with Crippen LogP contribution in [-0.2, 0) is 14.3 Å². The van der Waals surface area contributed by atoms with Gasteiger partial charge in [-0.3, -0.25) is 9.59 Å². The zero-order valence-electron chi connectivity index (χ0n) is 14.4. The van der Waals surface area contributed by atoms with Crippen molar-refractivity contribution < 1.29 is 19.1 Å². The Morgan fingerprint density at radius 3 is 2.42 bits per heavy atom. The minimum absolute atomic E-state index is 0.0592. The first-order valence-electron chi connectivity index (χ1n) is 7.90. The van der Waals surface area contributed by atoms with Gasteiger partial charge in [0.15, 0.2) is 0 Å². The summed E-state index contributed by atoms with van der Waals surface area (Å²) in [6.45, 7) is 1.41. The highest BCUT2D eigenvalue weighted by Gasteiger charge is 2.17. The van der Waals surface area contributed by atoms with Crippen LogP contribution >= 0.6 is 15.9 Å². The molecule has 0 fully saturated rings. The van der Waals surface area contributed by atoms with Gasteiger partial charge in [0.05, 0.1) is 25.1 Å². The van der Waals surface area contributed by atoms with Crippen LogP contribution in [0.2, 0.25) is 0 Å². The third-order valence-corrected chi connectivity index (χ3v) is 4.14. The molecular formula is C19H19BrN2O4. The molecule has 2 aromatic rings. The van der Waals surface area contributed by atoms with E-state index in [9.17, 15) is 14.4 Å². The second-order valence-electron chi connectivity index (χ2n) is 5.63. The number of amides is 2. The topological polar surface area (TPSA) is 84.5 Å². The van der Waals surface area contributed by atoms with Crippen molar-refractivity contribution in [2.45, 2.75) is 19.4 Å². The van der Waals surface area contributed by atoms with Gasteiger partial charge in [0.2, 0.25) is 11.8 Å². The van der Waals surface area contributed by atoms with E-state index in [0.717, 1.165) is 10.0 Å². The first-order valence-corrected chi connectivity index (χ1v) is 8.69. The molecule has 0 heterocycles. The van der Waals surface area contributed by atoms with Gasteiger partial charge < -0.3 is 15.4 Å². The van der Waals surface area contributed by atoms with Crippen molar-refractivity contribution in [2.24, 2.45) is 0 Å². The summed E-state index contributed by atoms with van der Waals surface area (Å²) >= 11 is 3.36. The van der Waals surface area contributed by atoms with Crippen molar-refractivity contribution in [3.63, 3.8) is 0 Å². The lowest BCUT2D eigenvalue weighted by Gasteiger charge is -2.18. The Kier molecular flexibility index (Phi) is 6.91. The van der Waals surface area contributed by atoms with E-state index >= 15 is 0 Å². The zero-order valence-corrected chi connectivity index (χ0v) is 16.0. The molecule has 0 saturated carbocycles. The highest BCUT2D eigenvalue weighted by molar-refractivity contribution is 9.10. The molecule has 136 valence electrons. The van der Waals surface area contributed by atoms with Gasteiger partial charge in [-0.25, -0.2) is 4.79 Å². The van der Waals surface area contributed by atoms with E-state index in [0.29, 0.717) is 11.3 Å². The van der Waals surface area contributed by atoms with Gasteiger partial charge in [-0.15, -0.1) is 0 Å². The lowest BCUT2D eigenvalue weighted by Crippen LogP contribution is -2.29. The molecule has 0 spiro atoms. The maximum Gasteiger partial charge on any atom is 0.337 e. The average molecular weight is 419 g/mol. The van der Waals surface area contributed by atoms with Crippen molar-refractivity contribution in [1.82, 2.24) is 5.32 Å². The summed E-state index contributed by atoms with van der Waals surface area (Å²) < 4.78 is 5.58. The smallest absolute Gasteiger partial charge is 0.337 e. The largest absolute Gasteiger partial charge is 0.465 e. The Morgan fingerprint density at radius 1 is 1.12 bits per heavy atom. The molecule has 0 bridgehead atoms. The summed E-state index contributed by atoms with van der Waals surface area (Å²) in [4.78, 5) is 35.5. The highest BCUT2D eigenvalue weighted by Crippen LogP contribution is 2.21. The fraction of sp³-hybridized carbons (Fsp3) is 0.211. The number of halogens is 1. The van der Waals surface area contributed by atoms with E-state index in [-0.39, 0.29) is 18.2 Å². The van der Waals surface area contributed by atoms with Gasteiger partial charge >= 0.3 is 5.97 Å². The third kappa shape index (κ3) is 5.70. The number of esters is 1. The van der Waals surface area contributed by atoms with E-state index in [4.69, 9.17) is 0 Å². The molecule has 0 aliphatic carbocycles. The number of carbonyl (C=O) groups excluding carboxylic acids is 3. The first kappa shape index (κ1) is 19.7. The van der Waals surface area contributed by atoms with Crippen LogP contribution in [0.5, 0.6) is 0 Å². The molecule has 2 aromatic carbocycles. The number of nitrogens with one attached hydrogen (secondary N) is 2. The fourth-order valence-electron chi connectivity index (χ4n) is 2.43. The molecular weight excluding hydrogens is 400 g/mol. The molecule has 0 aliphatic heterocycles. The molecule has 7 heteroatoms. The lowest BCUT2D eigenvalue weighted by molar-refractivity contribution is -0.120. The predicted octanol–water partition coefficient (Wildman–Crippen LogP) is 3.44. The number of methoxy groups -OCH3 is 1. The monoisotopic (exact) mass is 418 g/mol. The fourth-order valence-corrected chi connectivity index (χ4v) is 2.70. The number of benzene rings is 2. The van der Waals surface area contributed by atoms with Gasteiger partial charge in [-0.05, 0) is 35.9 Å². The van der Waals surface area contributed by atoms with Gasteiger partial charge in [0, 0.05) is 17.1 Å². The Hall–Kier alpha value is -2.67. The molecule has 0 aromatic heterocycles. The van der Waals surface area contributed by atoms with Gasteiger partial charge in [-0.1, -0.05) is 34.1 Å². The Bertz CT molecular complexity index is 805. The van der Waals surface area contributed by atoms with Crippen LogP contribution in [0, 0.1) is 0 Å². The number of ether oxygens (including phenoxy) is 1. The maximum atomic E-state index is 12.4. The number of rotatable bonds is 6. The Balaban J connectivity index is 2.10. The molecule has 0 saturated heterocycles. The van der Waals surface area contributed by atoms with Crippen LogP contribution in [0.3, 0.4) is 0 Å². The molecule has 26 heavy (non-hydrogen) atoms. The molecule has 6 nitrogen and oxygen atoms in total. The van der Waals surface area contributed by atoms with Crippen molar-refractivity contribution in [2.75, 3.05) is 12.4 Å². The van der Waals surface area contributed by atoms with Crippen molar-refractivity contribution in [1.29, 1.82) is 0 Å². The quantitative estimate of drug-likeness (QED) is 0.703. The summed E-state index contributed by atoms with van der Waals surface area (Å²) in [5, 5.41) is 5.52. The summed E-state index contributed by atoms with van der Waals surface area (Å²) in [6.07, 6.45) is 0.0592. The van der Waals surface area contributed by atoms with Gasteiger partial charge in [0.1, 0.15) is 0 Å². The summed E-state index contributed by atoms with van der Waals surface area (Å²) in [6, 6.07) is 13.4. The summed E-state index contributed by atoms with van der Waals surface area (Å²) in [7, 11) is 1.30. The normalized spacial score (nSPS) is 11.3. The minimum atomic E-state index is -0.480. The second kappa shape index (κ2) is 9.15. The van der Waals surface area contributed by atoms with Crippen LogP contribution in [0.1, 0.15) is 35.3 Å². The van der Waals surface area contributed by atoms with E-state index < -0.39 is 12.0 Å². The minimum Gasteiger partial charge on any atom is -0.465 e. The van der Waals surface area contributed by atoms with Crippen molar-refractivity contribution in [3.8, 4) is 0 Å². The van der Waals surface area contributed by atoms with Crippen molar-refractivity contribution >= 4 is 39.4 Å². The molecule has 1 unspecified atom stereocenters. The maximum absolute atomic E-state index is 12.4. The molecule has 2 N–H and O–H groups in total. The van der Waals surface area contributed by atoms with Crippen LogP contribution in [0.15, 0.2) is 53.0 Å². The van der Waals surface area contributed by atoms with E-state index in [1.54, 1.807) is 18.2 Å². The molecule has 0 aliphatic rings. The van der Waals surface area contributed by atoms with Gasteiger partial charge in [-0.2, -0.15) is 0 Å². The Morgan fingerprint density at radius 2 is 1.81 bits per heavy atom. The SMILES string of the molecule is COC(=O)c1cccc(NC(=O)CC(NC(C)=O)c2ccc(Br)cc2)c1. The highest BCUT2D eigenvalue weighted by atomic mass is 79.9. The van der Waals surface area contributed by atoms with Crippen LogP contribution in [0.25, 0.3) is 0 Å². The van der Waals surface area contributed by atoms with E-state index in [1.807, 2.05) is 24.3 Å². The standard InChI is InChI=1S/C19H19BrN2O4/c1-12(23)21-17(13-6-8-15(20)9-7-13)11-18(24)22-16-5-3-4-14(10-16)19(25)26-2/h3-10,17H,11H2,1-2H3,(H,21,23)(H,22,24). The van der Waals surface area contributed by atoms with Crippen LogP contribution in [0.4, 0.5) is 5.69 Å². The molecule has 2 rings (SSSR count). The Labute approximate surface area is 160 Å². The number of anilines is 1. The second-order valence-corrected chi connectivity index (χ2v) is 6.55. The average Bonchev–Trinajstić information content (AvgIpc) is 2.61. The van der Waals surface area contributed by atoms with E-state index in [2.05, 4.69) is 31.3 Å². The molecule has 2 amide bonds. The van der Waals surface area contributed by atoms with Crippen LogP contribution in [-0.4, -0.2) is 24.9 Å². The summed E-state index contributed by atoms with van der Waals surface area (Å²) in [5.74, 6) is -0.987. The van der Waals surface area contributed by atoms with Crippen LogP contribution < -0.4 is 10.6 Å². The third-order valence-electron chi connectivity index (χ3n) is 3.61. The van der Waals surface area contributed by atoms with Crippen molar-refractivity contribution in [3.05, 3.63) is 64.1 Å². The number of hydrogen-bond donors (Lipinski definition) is 2. The first-order chi connectivity index (χ1) is 12.4. The molecule has 0 radical (unpaired) electrons. The zero-order chi connectivity index (χ0) is 19.1. The summed E-state index contributed by atoms with van der Waals surface area (Å²) in [5.41, 5.74) is 1.65. The van der Waals surface area contributed by atoms with Gasteiger partial charge in [0.25, 0.3) is 0 Å².